The van der Waals surface area contributed by atoms with E-state index in [0.717, 1.165) is 0 Å². The molecule has 0 spiro atoms. The molecule has 0 unspecified atom stereocenters. The summed E-state index contributed by atoms with van der Waals surface area (Å²) in [6.45, 7) is 9.58. The molecular weight excluding hydrogens is 224 g/mol. The summed E-state index contributed by atoms with van der Waals surface area (Å²) < 4.78 is 0. The van der Waals surface area contributed by atoms with Crippen LogP contribution in [0.1, 0.15) is 12.8 Å². The van der Waals surface area contributed by atoms with E-state index in [2.05, 4.69) is 47.8 Å². The van der Waals surface area contributed by atoms with Gasteiger partial charge in [0, 0.05) is 39.3 Å². The lowest BCUT2D eigenvalue weighted by Gasteiger charge is -2.27. The molecule has 0 aromatic carbocycles. The van der Waals surface area contributed by atoms with E-state index in [9.17, 15) is 0 Å². The second-order valence-electron chi connectivity index (χ2n) is 5.92. The van der Waals surface area contributed by atoms with E-state index in [1.807, 2.05) is 0 Å². The lowest BCUT2D eigenvalue weighted by atomic mass is 10.2. The predicted molar refractivity (Wildman–Crippen MR) is 79.2 cm³/mol. The second-order valence-corrected chi connectivity index (χ2v) is 5.92. The molecule has 0 aromatic heterocycles. The normalized spacial score (nSPS) is 26.0. The third-order valence-corrected chi connectivity index (χ3v) is 3.92. The van der Waals surface area contributed by atoms with E-state index in [1.165, 1.54) is 65.2 Å². The highest BCUT2D eigenvalue weighted by Crippen LogP contribution is 1.98. The molecule has 1 fully saturated rings. The summed E-state index contributed by atoms with van der Waals surface area (Å²) in [7, 11) is 8.96. The molecular formula is C14H32N4. The Bertz CT molecular complexity index is 188. The lowest BCUT2D eigenvalue weighted by molar-refractivity contribution is 0.199. The van der Waals surface area contributed by atoms with Crippen molar-refractivity contribution in [3.8, 4) is 0 Å². The van der Waals surface area contributed by atoms with Gasteiger partial charge in [0.15, 0.2) is 0 Å². The van der Waals surface area contributed by atoms with Crippen LogP contribution in [-0.4, -0.2) is 100 Å². The summed E-state index contributed by atoms with van der Waals surface area (Å²) in [6.07, 6.45) is 2.64. The van der Waals surface area contributed by atoms with Gasteiger partial charge < -0.3 is 19.6 Å². The van der Waals surface area contributed by atoms with Crippen molar-refractivity contribution in [1.29, 1.82) is 0 Å². The lowest BCUT2D eigenvalue weighted by Crippen LogP contribution is -2.39. The molecule has 4 nitrogen and oxygen atoms in total. The fourth-order valence-corrected chi connectivity index (χ4v) is 2.23. The Morgan fingerprint density at radius 3 is 0.889 bits per heavy atom. The minimum Gasteiger partial charge on any atom is -0.305 e. The Hall–Kier alpha value is -0.160. The van der Waals surface area contributed by atoms with Gasteiger partial charge >= 0.3 is 0 Å². The number of likely N-dealkylation sites (N-methyl/N-ethyl adjacent to an activating group) is 4. The fraction of sp³-hybridized carbons (Fsp3) is 1.00. The standard InChI is InChI=1S/C14H32N4/c1-15-7-5-6-8-16(2)10-12-18(4)14-13-17(3)11-9-15/h5-14H2,1-4H3. The van der Waals surface area contributed by atoms with Gasteiger partial charge in [-0.2, -0.15) is 0 Å². The highest BCUT2D eigenvalue weighted by atomic mass is 15.2. The van der Waals surface area contributed by atoms with E-state index < -0.39 is 0 Å². The molecule has 18 heavy (non-hydrogen) atoms. The molecule has 108 valence electrons. The summed E-state index contributed by atoms with van der Waals surface area (Å²) in [5.41, 5.74) is 0. The van der Waals surface area contributed by atoms with Gasteiger partial charge in [-0.3, -0.25) is 0 Å². The van der Waals surface area contributed by atoms with Crippen molar-refractivity contribution >= 4 is 0 Å². The van der Waals surface area contributed by atoms with Gasteiger partial charge in [0.2, 0.25) is 0 Å². The first-order chi connectivity index (χ1) is 8.58. The average Bonchev–Trinajstić information content (AvgIpc) is 2.35. The van der Waals surface area contributed by atoms with Crippen molar-refractivity contribution in [3.63, 3.8) is 0 Å². The van der Waals surface area contributed by atoms with Crippen molar-refractivity contribution in [1.82, 2.24) is 19.6 Å². The van der Waals surface area contributed by atoms with Crippen molar-refractivity contribution in [2.45, 2.75) is 12.8 Å². The smallest absolute Gasteiger partial charge is 0.0107 e. The van der Waals surface area contributed by atoms with Crippen LogP contribution in [0.15, 0.2) is 0 Å². The van der Waals surface area contributed by atoms with Gasteiger partial charge in [-0.15, -0.1) is 0 Å². The molecule has 1 aliphatic rings. The van der Waals surface area contributed by atoms with E-state index in [0.29, 0.717) is 0 Å². The summed E-state index contributed by atoms with van der Waals surface area (Å²) in [5, 5.41) is 0. The third-order valence-electron chi connectivity index (χ3n) is 3.92. The number of hydrogen-bond acceptors (Lipinski definition) is 4. The molecule has 1 aliphatic heterocycles. The number of hydrogen-bond donors (Lipinski definition) is 0. The zero-order chi connectivity index (χ0) is 13.4. The molecule has 0 saturated carbocycles. The van der Waals surface area contributed by atoms with Crippen LogP contribution >= 0.6 is 0 Å². The average molecular weight is 256 g/mol. The minimum absolute atomic E-state index is 1.17. The minimum atomic E-state index is 1.17. The molecule has 1 saturated heterocycles. The van der Waals surface area contributed by atoms with Crippen molar-refractivity contribution in [2.24, 2.45) is 0 Å². The first-order valence-electron chi connectivity index (χ1n) is 7.32. The van der Waals surface area contributed by atoms with Crippen LogP contribution in [0.25, 0.3) is 0 Å². The summed E-state index contributed by atoms with van der Waals surface area (Å²) >= 11 is 0. The van der Waals surface area contributed by atoms with E-state index in [1.54, 1.807) is 0 Å². The van der Waals surface area contributed by atoms with Crippen LogP contribution < -0.4 is 0 Å². The van der Waals surface area contributed by atoms with Crippen LogP contribution in [0, 0.1) is 0 Å². The Morgan fingerprint density at radius 1 is 0.389 bits per heavy atom. The fourth-order valence-electron chi connectivity index (χ4n) is 2.23. The first kappa shape index (κ1) is 15.9. The molecule has 1 heterocycles. The van der Waals surface area contributed by atoms with Crippen LogP contribution in [0.5, 0.6) is 0 Å². The van der Waals surface area contributed by atoms with Gasteiger partial charge in [-0.1, -0.05) is 0 Å². The van der Waals surface area contributed by atoms with Crippen LogP contribution in [0.3, 0.4) is 0 Å². The van der Waals surface area contributed by atoms with Crippen molar-refractivity contribution in [3.05, 3.63) is 0 Å². The molecule has 4 heteroatoms. The maximum atomic E-state index is 2.46. The number of nitrogens with zero attached hydrogens (tertiary/aromatic N) is 4. The largest absolute Gasteiger partial charge is 0.305 e. The van der Waals surface area contributed by atoms with Crippen molar-refractivity contribution < 1.29 is 0 Å². The zero-order valence-corrected chi connectivity index (χ0v) is 12.9. The van der Waals surface area contributed by atoms with Crippen LogP contribution in [0.4, 0.5) is 0 Å². The van der Waals surface area contributed by atoms with Gasteiger partial charge in [-0.25, -0.2) is 0 Å². The highest BCUT2D eigenvalue weighted by Gasteiger charge is 2.07. The molecule has 0 radical (unpaired) electrons. The SMILES string of the molecule is CN1CCCCN(C)CCN(C)CCN(C)CC1. The van der Waals surface area contributed by atoms with Gasteiger partial charge in [0.1, 0.15) is 0 Å². The summed E-state index contributed by atoms with van der Waals surface area (Å²) in [4.78, 5) is 9.82. The molecule has 0 atom stereocenters. The van der Waals surface area contributed by atoms with Gasteiger partial charge in [-0.05, 0) is 54.1 Å². The predicted octanol–water partition coefficient (Wildman–Crippen LogP) is 0.507. The van der Waals surface area contributed by atoms with Crippen LogP contribution in [0.2, 0.25) is 0 Å². The molecule has 0 N–H and O–H groups in total. The molecule has 0 amide bonds. The van der Waals surface area contributed by atoms with Gasteiger partial charge in [0.25, 0.3) is 0 Å². The molecule has 0 aromatic rings. The second kappa shape index (κ2) is 8.86. The maximum Gasteiger partial charge on any atom is 0.0107 e. The first-order valence-corrected chi connectivity index (χ1v) is 7.32. The zero-order valence-electron chi connectivity index (χ0n) is 12.9. The topological polar surface area (TPSA) is 13.0 Å². The van der Waals surface area contributed by atoms with Crippen LogP contribution in [-0.2, 0) is 0 Å². The quantitative estimate of drug-likeness (QED) is 0.626. The van der Waals surface area contributed by atoms with Crippen molar-refractivity contribution in [2.75, 3.05) is 80.5 Å². The maximum absolute atomic E-state index is 2.46. The van der Waals surface area contributed by atoms with E-state index >= 15 is 0 Å². The number of rotatable bonds is 0. The van der Waals surface area contributed by atoms with E-state index in [-0.39, 0.29) is 0 Å². The van der Waals surface area contributed by atoms with E-state index in [4.69, 9.17) is 0 Å². The highest BCUT2D eigenvalue weighted by molar-refractivity contribution is 4.63. The monoisotopic (exact) mass is 256 g/mol. The Kier molecular flexibility index (Phi) is 7.82. The molecule has 1 rings (SSSR count). The summed E-state index contributed by atoms with van der Waals surface area (Å²) in [6, 6.07) is 0. The Balaban J connectivity index is 2.37. The Morgan fingerprint density at radius 2 is 0.611 bits per heavy atom. The molecule has 0 bridgehead atoms. The molecule has 0 aliphatic carbocycles. The van der Waals surface area contributed by atoms with Gasteiger partial charge in [0.05, 0.1) is 0 Å². The third kappa shape index (κ3) is 7.31. The summed E-state index contributed by atoms with van der Waals surface area (Å²) in [5.74, 6) is 0. The Labute approximate surface area is 114 Å².